The van der Waals surface area contributed by atoms with E-state index in [0.717, 1.165) is 12.1 Å². The van der Waals surface area contributed by atoms with Crippen LogP contribution in [-0.4, -0.2) is 42.7 Å². The number of amides is 3. The van der Waals surface area contributed by atoms with E-state index < -0.39 is 41.1 Å². The fourth-order valence-corrected chi connectivity index (χ4v) is 2.18. The number of furan rings is 1. The Kier molecular flexibility index (Phi) is 5.39. The maximum Gasteiger partial charge on any atom is 0.433 e. The number of imide groups is 1. The zero-order chi connectivity index (χ0) is 20.1. The van der Waals surface area contributed by atoms with Gasteiger partial charge in [-0.25, -0.2) is 9.59 Å². The van der Waals surface area contributed by atoms with Crippen LogP contribution in [0.3, 0.4) is 0 Å². The first kappa shape index (κ1) is 18.7. The van der Waals surface area contributed by atoms with Gasteiger partial charge in [0.2, 0.25) is 5.76 Å². The van der Waals surface area contributed by atoms with Gasteiger partial charge in [-0.05, 0) is 18.2 Å². The number of carbonyl (C=O) groups excluding carboxylic acids is 3. The fraction of sp³-hybridized carbons (Fsp3) is 0.188. The maximum absolute atomic E-state index is 11.8. The van der Waals surface area contributed by atoms with Crippen LogP contribution in [0, 0.1) is 10.1 Å². The molecule has 0 unspecified atom stereocenters. The molecule has 0 bridgehead atoms. The van der Waals surface area contributed by atoms with Crippen molar-refractivity contribution in [2.75, 3.05) is 25.1 Å². The number of rotatable bonds is 5. The second-order valence-corrected chi connectivity index (χ2v) is 5.33. The lowest BCUT2D eigenvalue weighted by Crippen LogP contribution is -2.37. The molecule has 0 saturated carbocycles. The zero-order valence-corrected chi connectivity index (χ0v) is 14.1. The van der Waals surface area contributed by atoms with Crippen LogP contribution in [0.1, 0.15) is 10.6 Å². The van der Waals surface area contributed by atoms with E-state index in [1.165, 1.54) is 6.07 Å². The first-order valence-corrected chi connectivity index (χ1v) is 7.84. The van der Waals surface area contributed by atoms with Crippen LogP contribution in [-0.2, 0) is 9.53 Å². The molecule has 2 aromatic rings. The summed E-state index contributed by atoms with van der Waals surface area (Å²) < 4.78 is 20.0. The molecule has 146 valence electrons. The van der Waals surface area contributed by atoms with Gasteiger partial charge in [-0.1, -0.05) is 0 Å². The Balaban J connectivity index is 1.47. The summed E-state index contributed by atoms with van der Waals surface area (Å²) in [6.45, 7) is 0.0199. The van der Waals surface area contributed by atoms with Crippen molar-refractivity contribution in [1.29, 1.82) is 0 Å². The molecule has 0 aliphatic carbocycles. The summed E-state index contributed by atoms with van der Waals surface area (Å²) in [5, 5.41) is 14.9. The molecule has 1 aromatic heterocycles. The Morgan fingerprint density at radius 1 is 1.11 bits per heavy atom. The van der Waals surface area contributed by atoms with Gasteiger partial charge in [-0.15, -0.1) is 0 Å². The average Bonchev–Trinajstić information content (AvgIpc) is 3.16. The summed E-state index contributed by atoms with van der Waals surface area (Å²) in [6, 6.07) is 5.84. The number of ether oxygens (including phenoxy) is 3. The van der Waals surface area contributed by atoms with Crippen LogP contribution < -0.4 is 20.1 Å². The van der Waals surface area contributed by atoms with Crippen LogP contribution in [0.2, 0.25) is 0 Å². The van der Waals surface area contributed by atoms with Gasteiger partial charge in [0.05, 0.1) is 6.07 Å². The van der Waals surface area contributed by atoms with E-state index in [1.54, 1.807) is 12.1 Å². The molecular weight excluding hydrogens is 378 g/mol. The molecule has 1 aromatic carbocycles. The van der Waals surface area contributed by atoms with E-state index in [4.69, 9.17) is 9.47 Å². The van der Waals surface area contributed by atoms with Crippen LogP contribution in [0.5, 0.6) is 11.5 Å². The van der Waals surface area contributed by atoms with Gasteiger partial charge in [0, 0.05) is 11.8 Å². The molecule has 1 aliphatic rings. The summed E-state index contributed by atoms with van der Waals surface area (Å²) >= 11 is 0. The largest absolute Gasteiger partial charge is 0.486 e. The molecule has 0 radical (unpaired) electrons. The smallest absolute Gasteiger partial charge is 0.433 e. The highest BCUT2D eigenvalue weighted by Gasteiger charge is 2.20. The fourth-order valence-electron chi connectivity index (χ4n) is 2.18. The quantitative estimate of drug-likeness (QED) is 0.437. The lowest BCUT2D eigenvalue weighted by Gasteiger charge is -2.19. The number of fused-ring (bicyclic) bond motifs is 1. The van der Waals surface area contributed by atoms with Crippen molar-refractivity contribution in [2.45, 2.75) is 0 Å². The second kappa shape index (κ2) is 8.07. The van der Waals surface area contributed by atoms with Gasteiger partial charge in [0.25, 0.3) is 5.91 Å². The third-order valence-electron chi connectivity index (χ3n) is 3.36. The van der Waals surface area contributed by atoms with E-state index in [-0.39, 0.29) is 0 Å². The number of nitro groups is 1. The Morgan fingerprint density at radius 3 is 2.57 bits per heavy atom. The molecule has 3 rings (SSSR count). The predicted octanol–water partition coefficient (Wildman–Crippen LogP) is 1.46. The van der Waals surface area contributed by atoms with E-state index in [0.29, 0.717) is 30.4 Å². The minimum atomic E-state index is -1.09. The molecule has 0 spiro atoms. The number of hydrogen-bond acceptors (Lipinski definition) is 9. The van der Waals surface area contributed by atoms with E-state index in [1.807, 2.05) is 5.32 Å². The lowest BCUT2D eigenvalue weighted by atomic mass is 10.2. The molecule has 12 nitrogen and oxygen atoms in total. The minimum absolute atomic E-state index is 0.356. The van der Waals surface area contributed by atoms with Crippen molar-refractivity contribution in [3.8, 4) is 11.5 Å². The Labute approximate surface area is 156 Å². The molecule has 28 heavy (non-hydrogen) atoms. The highest BCUT2D eigenvalue weighted by molar-refractivity contribution is 6.02. The molecule has 2 N–H and O–H groups in total. The van der Waals surface area contributed by atoms with Crippen LogP contribution >= 0.6 is 0 Å². The summed E-state index contributed by atoms with van der Waals surface area (Å²) in [5.41, 5.74) is 0.356. The van der Waals surface area contributed by atoms with Gasteiger partial charge in [-0.3, -0.25) is 20.2 Å². The monoisotopic (exact) mass is 391 g/mol. The number of carbonyl (C=O) groups is 3. The SMILES string of the molecule is O=C(COC(=O)c1ccc([N+](=O)[O-])o1)NC(=O)Nc1ccc2c(c1)OCCO2. The van der Waals surface area contributed by atoms with Gasteiger partial charge in [-0.2, -0.15) is 0 Å². The number of benzene rings is 1. The lowest BCUT2D eigenvalue weighted by molar-refractivity contribution is -0.402. The van der Waals surface area contributed by atoms with Crippen molar-refractivity contribution in [3.63, 3.8) is 0 Å². The first-order valence-electron chi connectivity index (χ1n) is 7.84. The predicted molar refractivity (Wildman–Crippen MR) is 90.2 cm³/mol. The molecule has 3 amide bonds. The standard InChI is InChI=1S/C16H13N3O9/c20-13(8-27-15(21)11-3-4-14(28-11)19(23)24)18-16(22)17-9-1-2-10-12(7-9)26-6-5-25-10/h1-4,7H,5-6,8H2,(H2,17,18,20,22). The zero-order valence-electron chi connectivity index (χ0n) is 14.1. The molecular formula is C16H13N3O9. The molecule has 0 saturated heterocycles. The maximum atomic E-state index is 11.8. The summed E-state index contributed by atoms with van der Waals surface area (Å²) in [7, 11) is 0. The van der Waals surface area contributed by atoms with Crippen LogP contribution in [0.15, 0.2) is 34.7 Å². The number of urea groups is 1. The molecule has 2 heterocycles. The number of esters is 1. The normalized spacial score (nSPS) is 12.0. The molecule has 0 atom stereocenters. The summed E-state index contributed by atoms with van der Waals surface area (Å²) in [4.78, 5) is 44.8. The van der Waals surface area contributed by atoms with E-state index in [9.17, 15) is 24.5 Å². The minimum Gasteiger partial charge on any atom is -0.486 e. The van der Waals surface area contributed by atoms with Crippen molar-refractivity contribution >= 4 is 29.5 Å². The summed E-state index contributed by atoms with van der Waals surface area (Å²) in [6.07, 6.45) is 0. The molecule has 1 aliphatic heterocycles. The molecule has 12 heteroatoms. The third kappa shape index (κ3) is 4.55. The van der Waals surface area contributed by atoms with Crippen molar-refractivity contribution in [1.82, 2.24) is 5.32 Å². The highest BCUT2D eigenvalue weighted by Crippen LogP contribution is 2.32. The topological polar surface area (TPSA) is 159 Å². The Hall–Kier alpha value is -4.09. The highest BCUT2D eigenvalue weighted by atomic mass is 16.7. The van der Waals surface area contributed by atoms with E-state index >= 15 is 0 Å². The van der Waals surface area contributed by atoms with Crippen molar-refractivity contribution in [2.24, 2.45) is 0 Å². The first-order chi connectivity index (χ1) is 13.4. The van der Waals surface area contributed by atoms with Gasteiger partial charge in [0.15, 0.2) is 18.1 Å². The number of nitrogens with one attached hydrogen (secondary N) is 2. The summed E-state index contributed by atoms with van der Waals surface area (Å²) in [5.74, 6) is -2.09. The van der Waals surface area contributed by atoms with Gasteiger partial charge in [0.1, 0.15) is 18.1 Å². The van der Waals surface area contributed by atoms with Gasteiger partial charge < -0.3 is 23.9 Å². The van der Waals surface area contributed by atoms with E-state index in [2.05, 4.69) is 14.5 Å². The van der Waals surface area contributed by atoms with Crippen LogP contribution in [0.4, 0.5) is 16.4 Å². The number of hydrogen-bond donors (Lipinski definition) is 2. The van der Waals surface area contributed by atoms with Crippen LogP contribution in [0.25, 0.3) is 0 Å². The number of anilines is 1. The third-order valence-corrected chi connectivity index (χ3v) is 3.36. The van der Waals surface area contributed by atoms with Gasteiger partial charge >= 0.3 is 17.9 Å². The second-order valence-electron chi connectivity index (χ2n) is 5.33. The Morgan fingerprint density at radius 2 is 1.86 bits per heavy atom. The van der Waals surface area contributed by atoms with Crippen molar-refractivity contribution in [3.05, 3.63) is 46.2 Å². The Bertz CT molecular complexity index is 937. The average molecular weight is 391 g/mol. The molecule has 0 fully saturated rings. The number of nitrogens with zero attached hydrogens (tertiary/aromatic N) is 1. The van der Waals surface area contributed by atoms with Crippen molar-refractivity contribution < 1.29 is 37.9 Å².